The molecule has 0 spiro atoms. The average Bonchev–Trinajstić information content (AvgIpc) is 2.34. The lowest BCUT2D eigenvalue weighted by molar-refractivity contribution is 0.0708. The van der Waals surface area contributed by atoms with Gasteiger partial charge in [0.1, 0.15) is 0 Å². The highest BCUT2D eigenvalue weighted by molar-refractivity contribution is 6.30. The van der Waals surface area contributed by atoms with E-state index in [2.05, 4.69) is 37.8 Å². The van der Waals surface area contributed by atoms with Crippen LogP contribution in [0.1, 0.15) is 45.2 Å². The van der Waals surface area contributed by atoms with Crippen LogP contribution in [0, 0.1) is 5.92 Å². The van der Waals surface area contributed by atoms with Gasteiger partial charge >= 0.3 is 0 Å². The van der Waals surface area contributed by atoms with Gasteiger partial charge in [0.25, 0.3) is 0 Å². The number of nitrogens with two attached hydrogens (primary N) is 1. The number of piperidine rings is 1. The van der Waals surface area contributed by atoms with Crippen molar-refractivity contribution in [3.05, 3.63) is 34.9 Å². The Morgan fingerprint density at radius 3 is 2.42 bits per heavy atom. The van der Waals surface area contributed by atoms with E-state index in [1.807, 2.05) is 12.1 Å². The van der Waals surface area contributed by atoms with Crippen LogP contribution in [0.3, 0.4) is 0 Å². The molecule has 1 saturated heterocycles. The van der Waals surface area contributed by atoms with Crippen molar-refractivity contribution < 1.29 is 0 Å². The summed E-state index contributed by atoms with van der Waals surface area (Å²) in [5.74, 6) is 0.824. The van der Waals surface area contributed by atoms with Crippen molar-refractivity contribution in [2.75, 3.05) is 6.54 Å². The van der Waals surface area contributed by atoms with Crippen LogP contribution in [0.25, 0.3) is 0 Å². The van der Waals surface area contributed by atoms with Gasteiger partial charge in [-0.3, -0.25) is 4.90 Å². The molecule has 0 radical (unpaired) electrons. The number of hydrogen-bond acceptors (Lipinski definition) is 2. The van der Waals surface area contributed by atoms with Crippen molar-refractivity contribution in [1.29, 1.82) is 0 Å². The molecule has 0 aliphatic carbocycles. The molecular weight excluding hydrogens is 256 g/mol. The van der Waals surface area contributed by atoms with Crippen LogP contribution < -0.4 is 5.73 Å². The van der Waals surface area contributed by atoms with Crippen molar-refractivity contribution in [2.24, 2.45) is 11.7 Å². The van der Waals surface area contributed by atoms with Gasteiger partial charge in [0, 0.05) is 23.1 Å². The van der Waals surface area contributed by atoms with Crippen LogP contribution in [0.2, 0.25) is 5.02 Å². The predicted molar refractivity (Wildman–Crippen MR) is 82.4 cm³/mol. The maximum Gasteiger partial charge on any atom is 0.0499 e. The van der Waals surface area contributed by atoms with Gasteiger partial charge in [-0.15, -0.1) is 0 Å². The van der Waals surface area contributed by atoms with E-state index in [1.165, 1.54) is 18.4 Å². The third-order valence-electron chi connectivity index (χ3n) is 4.26. The molecule has 3 heteroatoms. The fraction of sp³-hybridized carbons (Fsp3) is 0.625. The van der Waals surface area contributed by atoms with E-state index >= 15 is 0 Å². The number of likely N-dealkylation sites (tertiary alicyclic amines) is 1. The van der Waals surface area contributed by atoms with E-state index in [1.54, 1.807) is 0 Å². The summed E-state index contributed by atoms with van der Waals surface area (Å²) in [6.07, 6.45) is 2.53. The highest BCUT2D eigenvalue weighted by Crippen LogP contribution is 2.32. The Bertz CT molecular complexity index is 402. The zero-order chi connectivity index (χ0) is 14.0. The Morgan fingerprint density at radius 1 is 1.26 bits per heavy atom. The fourth-order valence-electron chi connectivity index (χ4n) is 3.30. The molecule has 1 aromatic carbocycles. The Morgan fingerprint density at radius 2 is 1.89 bits per heavy atom. The normalized spacial score (nSPS) is 28.1. The monoisotopic (exact) mass is 280 g/mol. The van der Waals surface area contributed by atoms with E-state index < -0.39 is 0 Å². The third kappa shape index (κ3) is 3.50. The van der Waals surface area contributed by atoms with Gasteiger partial charge in [0.05, 0.1) is 0 Å². The van der Waals surface area contributed by atoms with Gasteiger partial charge in [-0.05, 0) is 56.8 Å². The van der Waals surface area contributed by atoms with Crippen LogP contribution in [0.15, 0.2) is 24.3 Å². The topological polar surface area (TPSA) is 29.3 Å². The lowest BCUT2D eigenvalue weighted by Crippen LogP contribution is -2.47. The fourth-order valence-corrected chi connectivity index (χ4v) is 3.42. The second-order valence-electron chi connectivity index (χ2n) is 6.07. The number of hydrogen-bond donors (Lipinski definition) is 1. The lowest BCUT2D eigenvalue weighted by Gasteiger charge is -2.43. The van der Waals surface area contributed by atoms with Crippen LogP contribution in [0.4, 0.5) is 0 Å². The smallest absolute Gasteiger partial charge is 0.0499 e. The van der Waals surface area contributed by atoms with E-state index in [0.29, 0.717) is 12.1 Å². The molecule has 2 nitrogen and oxygen atoms in total. The molecule has 1 fully saturated rings. The maximum absolute atomic E-state index is 6.26. The zero-order valence-corrected chi connectivity index (χ0v) is 12.9. The minimum absolute atomic E-state index is 0.122. The lowest BCUT2D eigenvalue weighted by atomic mass is 9.89. The van der Waals surface area contributed by atoms with Crippen molar-refractivity contribution in [3.8, 4) is 0 Å². The summed E-state index contributed by atoms with van der Waals surface area (Å²) in [6.45, 7) is 7.90. The van der Waals surface area contributed by atoms with Gasteiger partial charge in [-0.2, -0.15) is 0 Å². The van der Waals surface area contributed by atoms with Gasteiger partial charge in [0.2, 0.25) is 0 Å². The molecule has 0 aromatic heterocycles. The molecule has 0 bridgehead atoms. The summed E-state index contributed by atoms with van der Waals surface area (Å²) in [7, 11) is 0. The molecule has 1 aliphatic heterocycles. The van der Waals surface area contributed by atoms with Crippen molar-refractivity contribution in [2.45, 2.75) is 51.7 Å². The molecular formula is C16H25ClN2. The summed E-state index contributed by atoms with van der Waals surface area (Å²) in [5, 5.41) is 0.785. The van der Waals surface area contributed by atoms with Gasteiger partial charge in [0.15, 0.2) is 0 Å². The van der Waals surface area contributed by atoms with Gasteiger partial charge in [-0.25, -0.2) is 0 Å². The Balaban J connectivity index is 2.22. The second-order valence-corrected chi connectivity index (χ2v) is 6.51. The van der Waals surface area contributed by atoms with Crippen molar-refractivity contribution in [1.82, 2.24) is 4.90 Å². The molecule has 106 valence electrons. The molecule has 4 unspecified atom stereocenters. The van der Waals surface area contributed by atoms with Crippen molar-refractivity contribution in [3.63, 3.8) is 0 Å². The molecule has 19 heavy (non-hydrogen) atoms. The number of rotatable bonds is 3. The van der Waals surface area contributed by atoms with Crippen LogP contribution >= 0.6 is 11.6 Å². The minimum atomic E-state index is 0.122. The van der Waals surface area contributed by atoms with E-state index in [4.69, 9.17) is 17.3 Å². The molecule has 1 aliphatic rings. The molecule has 2 rings (SSSR count). The predicted octanol–water partition coefficient (Wildman–Crippen LogP) is 3.85. The Labute approximate surface area is 121 Å². The summed E-state index contributed by atoms with van der Waals surface area (Å²) < 4.78 is 0. The minimum Gasteiger partial charge on any atom is -0.326 e. The van der Waals surface area contributed by atoms with Crippen LogP contribution in [-0.4, -0.2) is 23.5 Å². The number of halogens is 1. The first-order chi connectivity index (χ1) is 8.99. The first-order valence-electron chi connectivity index (χ1n) is 7.26. The average molecular weight is 281 g/mol. The zero-order valence-electron chi connectivity index (χ0n) is 12.1. The number of nitrogens with zero attached hydrogens (tertiary/aromatic N) is 1. The van der Waals surface area contributed by atoms with E-state index in [9.17, 15) is 0 Å². The quantitative estimate of drug-likeness (QED) is 0.911. The first kappa shape index (κ1) is 14.8. The Kier molecular flexibility index (Phi) is 4.88. The summed E-state index contributed by atoms with van der Waals surface area (Å²) >= 11 is 5.98. The first-order valence-corrected chi connectivity index (χ1v) is 7.63. The molecule has 2 N–H and O–H groups in total. The Hall–Kier alpha value is -0.570. The standard InChI is InChI=1S/C16H25ClN2/c1-11-8-9-19(12(2)10-11)16(13(3)18)14-4-6-15(17)7-5-14/h4-7,11-13,16H,8-10,18H2,1-3H3. The summed E-state index contributed by atoms with van der Waals surface area (Å²) in [6, 6.07) is 9.15. The van der Waals surface area contributed by atoms with Gasteiger partial charge in [-0.1, -0.05) is 30.7 Å². The molecule has 0 saturated carbocycles. The van der Waals surface area contributed by atoms with Crippen molar-refractivity contribution >= 4 is 11.6 Å². The summed E-state index contributed by atoms with van der Waals surface area (Å²) in [5.41, 5.74) is 7.54. The third-order valence-corrected chi connectivity index (χ3v) is 4.51. The summed E-state index contributed by atoms with van der Waals surface area (Å²) in [4.78, 5) is 2.56. The highest BCUT2D eigenvalue weighted by atomic mass is 35.5. The number of benzene rings is 1. The molecule has 0 amide bonds. The largest absolute Gasteiger partial charge is 0.326 e. The molecule has 1 aromatic rings. The molecule has 4 atom stereocenters. The highest BCUT2D eigenvalue weighted by Gasteiger charge is 2.31. The van der Waals surface area contributed by atoms with Crippen LogP contribution in [-0.2, 0) is 0 Å². The van der Waals surface area contributed by atoms with E-state index in [0.717, 1.165) is 17.5 Å². The van der Waals surface area contributed by atoms with E-state index in [-0.39, 0.29) is 6.04 Å². The van der Waals surface area contributed by atoms with Gasteiger partial charge < -0.3 is 5.73 Å². The SMILES string of the molecule is CC1CCN(C(c2ccc(Cl)cc2)C(C)N)C(C)C1. The van der Waals surface area contributed by atoms with Crippen LogP contribution in [0.5, 0.6) is 0 Å². The maximum atomic E-state index is 6.26. The second kappa shape index (κ2) is 6.25. The molecule has 1 heterocycles.